The van der Waals surface area contributed by atoms with Crippen molar-refractivity contribution in [2.24, 2.45) is 13.0 Å². The summed E-state index contributed by atoms with van der Waals surface area (Å²) in [7, 11) is 1.78. The van der Waals surface area contributed by atoms with Gasteiger partial charge in [-0.1, -0.05) is 23.7 Å². The molecule has 2 heterocycles. The minimum absolute atomic E-state index is 0.109. The van der Waals surface area contributed by atoms with Gasteiger partial charge >= 0.3 is 6.18 Å². The number of piperidine rings is 1. The summed E-state index contributed by atoms with van der Waals surface area (Å²) in [6, 6.07) is 4.47. The van der Waals surface area contributed by atoms with Crippen LogP contribution in [0.1, 0.15) is 40.0 Å². The third-order valence-corrected chi connectivity index (χ3v) is 5.50. The van der Waals surface area contributed by atoms with Gasteiger partial charge < -0.3 is 0 Å². The monoisotopic (exact) mass is 399 g/mol. The molecular weight excluding hydrogens is 379 g/mol. The number of rotatable bonds is 4. The first-order chi connectivity index (χ1) is 12.7. The molecule has 1 aromatic carbocycles. The summed E-state index contributed by atoms with van der Waals surface area (Å²) >= 11 is 6.29. The molecule has 1 unspecified atom stereocenters. The number of aryl methyl sites for hydroxylation is 2. The number of aromatic nitrogens is 2. The number of likely N-dealkylation sites (tertiary alicyclic amines) is 1. The Morgan fingerprint density at radius 3 is 2.52 bits per heavy atom. The molecule has 0 spiro atoms. The summed E-state index contributed by atoms with van der Waals surface area (Å²) in [6.45, 7) is 3.91. The van der Waals surface area contributed by atoms with Crippen molar-refractivity contribution in [3.8, 4) is 0 Å². The minimum Gasteiger partial charge on any atom is -0.298 e. The second kappa shape index (κ2) is 7.64. The predicted octanol–water partition coefficient (Wildman–Crippen LogP) is 4.50. The van der Waals surface area contributed by atoms with E-state index in [1.54, 1.807) is 11.7 Å². The summed E-state index contributed by atoms with van der Waals surface area (Å²) in [5.74, 6) is -0.339. The SMILES string of the molecule is Cc1nn(C)c(Cl)c1CN1CCCC(C(=O)c2ccc(C(F)(F)F)cc2)C1. The molecular formula is C19H21ClF3N3O. The van der Waals surface area contributed by atoms with Crippen molar-refractivity contribution in [3.05, 3.63) is 51.8 Å². The van der Waals surface area contributed by atoms with E-state index in [0.717, 1.165) is 42.8 Å². The average molecular weight is 400 g/mol. The van der Waals surface area contributed by atoms with Gasteiger partial charge in [-0.2, -0.15) is 18.3 Å². The highest BCUT2D eigenvalue weighted by Crippen LogP contribution is 2.30. The van der Waals surface area contributed by atoms with Crippen LogP contribution in [0.3, 0.4) is 0 Å². The number of ketones is 1. The van der Waals surface area contributed by atoms with Crippen LogP contribution in [0.4, 0.5) is 13.2 Å². The zero-order chi connectivity index (χ0) is 19.8. The molecule has 0 bridgehead atoms. The standard InChI is InChI=1S/C19H21ClF3N3O/c1-12-16(18(20)25(2)24-12)11-26-9-3-4-14(10-26)17(27)13-5-7-15(8-6-13)19(21,22)23/h5-8,14H,3-4,9-11H2,1-2H3. The second-order valence-corrected chi connectivity index (χ2v) is 7.35. The largest absolute Gasteiger partial charge is 0.416 e. The molecule has 27 heavy (non-hydrogen) atoms. The van der Waals surface area contributed by atoms with Crippen molar-refractivity contribution in [3.63, 3.8) is 0 Å². The Hall–Kier alpha value is -1.86. The van der Waals surface area contributed by atoms with Gasteiger partial charge in [0.2, 0.25) is 0 Å². The van der Waals surface area contributed by atoms with Gasteiger partial charge in [-0.3, -0.25) is 14.4 Å². The molecule has 1 atom stereocenters. The van der Waals surface area contributed by atoms with Crippen LogP contribution in [0.2, 0.25) is 5.15 Å². The summed E-state index contributed by atoms with van der Waals surface area (Å²) in [5, 5.41) is 4.89. The van der Waals surface area contributed by atoms with Crippen LogP contribution >= 0.6 is 11.6 Å². The van der Waals surface area contributed by atoms with Crippen molar-refractivity contribution < 1.29 is 18.0 Å². The highest BCUT2D eigenvalue weighted by molar-refractivity contribution is 6.30. The summed E-state index contributed by atoms with van der Waals surface area (Å²) in [6.07, 6.45) is -2.81. The third kappa shape index (κ3) is 4.35. The maximum Gasteiger partial charge on any atom is 0.416 e. The topological polar surface area (TPSA) is 38.1 Å². The van der Waals surface area contributed by atoms with Crippen molar-refractivity contribution in [2.75, 3.05) is 13.1 Å². The molecule has 1 aliphatic heterocycles. The lowest BCUT2D eigenvalue weighted by atomic mass is 9.89. The first-order valence-corrected chi connectivity index (χ1v) is 9.16. The average Bonchev–Trinajstić information content (AvgIpc) is 2.87. The van der Waals surface area contributed by atoms with E-state index in [2.05, 4.69) is 10.00 Å². The first-order valence-electron chi connectivity index (χ1n) is 8.78. The third-order valence-electron chi connectivity index (χ3n) is 5.02. The smallest absolute Gasteiger partial charge is 0.298 e. The fourth-order valence-electron chi connectivity index (χ4n) is 3.55. The van der Waals surface area contributed by atoms with E-state index in [1.807, 2.05) is 6.92 Å². The van der Waals surface area contributed by atoms with Gasteiger partial charge in [-0.15, -0.1) is 0 Å². The van der Waals surface area contributed by atoms with E-state index >= 15 is 0 Å². The molecule has 1 fully saturated rings. The Kier molecular flexibility index (Phi) is 5.63. The van der Waals surface area contributed by atoms with Crippen molar-refractivity contribution in [2.45, 2.75) is 32.5 Å². The molecule has 8 heteroatoms. The normalized spacial score (nSPS) is 18.7. The molecule has 2 aromatic rings. The number of Topliss-reactive ketones (excluding diaryl/α,β-unsaturated/α-hetero) is 1. The number of carbonyl (C=O) groups is 1. The van der Waals surface area contributed by atoms with Crippen LogP contribution in [0.5, 0.6) is 0 Å². The van der Waals surface area contributed by atoms with Gasteiger partial charge in [0.15, 0.2) is 5.78 Å². The molecule has 1 saturated heterocycles. The highest BCUT2D eigenvalue weighted by atomic mass is 35.5. The predicted molar refractivity (Wildman–Crippen MR) is 96.7 cm³/mol. The van der Waals surface area contributed by atoms with Gasteiger partial charge in [0.1, 0.15) is 5.15 Å². The lowest BCUT2D eigenvalue weighted by Crippen LogP contribution is -2.38. The molecule has 0 aliphatic carbocycles. The molecule has 0 amide bonds. The second-order valence-electron chi connectivity index (χ2n) is 6.99. The van der Waals surface area contributed by atoms with E-state index < -0.39 is 11.7 Å². The van der Waals surface area contributed by atoms with Gasteiger partial charge in [-0.05, 0) is 38.4 Å². The van der Waals surface area contributed by atoms with Gasteiger partial charge in [-0.25, -0.2) is 0 Å². The minimum atomic E-state index is -4.40. The number of alkyl halides is 3. The number of hydrogen-bond acceptors (Lipinski definition) is 3. The lowest BCUT2D eigenvalue weighted by molar-refractivity contribution is -0.137. The van der Waals surface area contributed by atoms with Crippen LogP contribution in [0.15, 0.2) is 24.3 Å². The Morgan fingerprint density at radius 1 is 1.30 bits per heavy atom. The zero-order valence-corrected chi connectivity index (χ0v) is 15.9. The molecule has 146 valence electrons. The fourth-order valence-corrected chi connectivity index (χ4v) is 3.78. The van der Waals surface area contributed by atoms with Crippen molar-refractivity contribution >= 4 is 17.4 Å². The number of halogens is 4. The van der Waals surface area contributed by atoms with E-state index in [9.17, 15) is 18.0 Å². The highest BCUT2D eigenvalue weighted by Gasteiger charge is 2.31. The summed E-state index contributed by atoms with van der Waals surface area (Å²) < 4.78 is 39.7. The van der Waals surface area contributed by atoms with Crippen LogP contribution < -0.4 is 0 Å². The number of carbonyl (C=O) groups excluding carboxylic acids is 1. The Morgan fingerprint density at radius 2 is 1.96 bits per heavy atom. The van der Waals surface area contributed by atoms with E-state index in [4.69, 9.17) is 11.6 Å². The maximum atomic E-state index is 12.7. The Balaban J connectivity index is 1.69. The van der Waals surface area contributed by atoms with Crippen LogP contribution in [-0.2, 0) is 19.8 Å². The van der Waals surface area contributed by atoms with Gasteiger partial charge in [0.05, 0.1) is 11.3 Å². The number of benzene rings is 1. The van der Waals surface area contributed by atoms with Crippen molar-refractivity contribution in [1.82, 2.24) is 14.7 Å². The van der Waals surface area contributed by atoms with Crippen LogP contribution in [0, 0.1) is 12.8 Å². The zero-order valence-electron chi connectivity index (χ0n) is 15.2. The van der Waals surface area contributed by atoms with Crippen LogP contribution in [-0.4, -0.2) is 33.6 Å². The molecule has 0 saturated carbocycles. The van der Waals surface area contributed by atoms with Gasteiger partial charge in [0, 0.05) is 37.2 Å². The summed E-state index contributed by atoms with van der Waals surface area (Å²) in [4.78, 5) is 14.9. The fraction of sp³-hybridized carbons (Fsp3) is 0.474. The molecule has 0 radical (unpaired) electrons. The van der Waals surface area contributed by atoms with E-state index in [0.29, 0.717) is 23.8 Å². The Bertz CT molecular complexity index is 830. The van der Waals surface area contributed by atoms with Crippen molar-refractivity contribution in [1.29, 1.82) is 0 Å². The van der Waals surface area contributed by atoms with E-state index in [-0.39, 0.29) is 11.7 Å². The molecule has 3 rings (SSSR count). The molecule has 1 aromatic heterocycles. The molecule has 0 N–H and O–H groups in total. The van der Waals surface area contributed by atoms with E-state index in [1.165, 1.54) is 12.1 Å². The maximum absolute atomic E-state index is 12.7. The summed E-state index contributed by atoms with van der Waals surface area (Å²) in [5.41, 5.74) is 1.39. The molecule has 1 aliphatic rings. The van der Waals surface area contributed by atoms with Gasteiger partial charge in [0.25, 0.3) is 0 Å². The first kappa shape index (κ1) is 19.9. The number of hydrogen-bond donors (Lipinski definition) is 0. The quantitative estimate of drug-likeness (QED) is 0.711. The molecule has 4 nitrogen and oxygen atoms in total. The van der Waals surface area contributed by atoms with Crippen LogP contribution in [0.25, 0.3) is 0 Å². The lowest BCUT2D eigenvalue weighted by Gasteiger charge is -2.32. The number of nitrogens with zero attached hydrogens (tertiary/aromatic N) is 3. The Labute approximate surface area is 160 Å².